The Morgan fingerprint density at radius 3 is 1.14 bits per heavy atom. The fourth-order valence-corrected chi connectivity index (χ4v) is 5.86. The van der Waals surface area contributed by atoms with Crippen LogP contribution in [0.3, 0.4) is 0 Å². The molecule has 0 atom stereocenters. The predicted molar refractivity (Wildman–Crippen MR) is 88.0 cm³/mol. The van der Waals surface area contributed by atoms with Gasteiger partial charge in [0.15, 0.2) is 0 Å². The van der Waals surface area contributed by atoms with Crippen molar-refractivity contribution in [1.82, 2.24) is 0 Å². The van der Waals surface area contributed by atoms with E-state index >= 15 is 0 Å². The van der Waals surface area contributed by atoms with Gasteiger partial charge in [-0.3, -0.25) is 0 Å². The second kappa shape index (κ2) is 6.19. The average molecular weight is 564 g/mol. The zero-order chi connectivity index (χ0) is 15.9. The highest BCUT2D eigenvalue weighted by atomic mass is 79.9. The van der Waals surface area contributed by atoms with Gasteiger partial charge in [-0.1, -0.05) is 75.2 Å². The summed E-state index contributed by atoms with van der Waals surface area (Å²) in [7, 11) is -3.86. The monoisotopic (exact) mass is 560 g/mol. The van der Waals surface area contributed by atoms with Gasteiger partial charge in [0, 0.05) is 17.9 Å². The molecule has 0 saturated carbocycles. The van der Waals surface area contributed by atoms with Gasteiger partial charge in [-0.15, -0.1) is 0 Å². The van der Waals surface area contributed by atoms with Crippen molar-refractivity contribution in [3.8, 4) is 11.5 Å². The first kappa shape index (κ1) is 17.3. The predicted octanol–water partition coefficient (Wildman–Crippen LogP) is 3.72. The Morgan fingerprint density at radius 2 is 0.905 bits per heavy atom. The Kier molecular flexibility index (Phi) is 5.09. The molecule has 2 rings (SSSR count). The van der Waals surface area contributed by atoms with Crippen molar-refractivity contribution in [2.24, 2.45) is 0 Å². The molecule has 0 spiro atoms. The van der Waals surface area contributed by atoms with Crippen LogP contribution in [-0.2, 0) is 9.84 Å². The molecule has 0 saturated heterocycles. The standard InChI is InChI=1S/C12H6Br4O4S/c13-7-1-5(2-8(14)11(7)17)21(19,20)6-3-9(15)12(18)10(16)4-6/h1-4,17-18H/p-2. The minimum Gasteiger partial charge on any atom is -0.871 e. The highest BCUT2D eigenvalue weighted by Gasteiger charge is 2.20. The van der Waals surface area contributed by atoms with E-state index in [1.54, 1.807) is 0 Å². The van der Waals surface area contributed by atoms with Gasteiger partial charge in [-0.25, -0.2) is 8.42 Å². The molecule has 0 radical (unpaired) electrons. The first-order valence-corrected chi connectivity index (χ1v) is 9.87. The maximum absolute atomic E-state index is 12.6. The smallest absolute Gasteiger partial charge is 0.206 e. The molecule has 112 valence electrons. The Balaban J connectivity index is 2.68. The molecule has 0 amide bonds. The summed E-state index contributed by atoms with van der Waals surface area (Å²) in [4.78, 5) is -0.114. The van der Waals surface area contributed by atoms with Crippen molar-refractivity contribution in [3.05, 3.63) is 42.2 Å². The van der Waals surface area contributed by atoms with Crippen LogP contribution < -0.4 is 10.2 Å². The molecule has 2 aromatic carbocycles. The van der Waals surface area contributed by atoms with Crippen LogP contribution in [0, 0.1) is 0 Å². The Hall–Kier alpha value is -0.0900. The van der Waals surface area contributed by atoms with Crippen molar-refractivity contribution in [1.29, 1.82) is 0 Å². The topological polar surface area (TPSA) is 80.3 Å². The molecule has 0 fully saturated rings. The van der Waals surface area contributed by atoms with Crippen LogP contribution in [0.15, 0.2) is 51.9 Å². The summed E-state index contributed by atoms with van der Waals surface area (Å²) in [6.07, 6.45) is 0. The number of halogens is 4. The third-order valence-electron chi connectivity index (χ3n) is 2.56. The van der Waals surface area contributed by atoms with Crippen LogP contribution in [0.5, 0.6) is 11.5 Å². The number of hydrogen-bond acceptors (Lipinski definition) is 4. The number of rotatable bonds is 2. The third-order valence-corrected chi connectivity index (χ3v) is 6.63. The van der Waals surface area contributed by atoms with Crippen LogP contribution in [0.4, 0.5) is 0 Å². The highest BCUT2D eigenvalue weighted by molar-refractivity contribution is 9.11. The maximum Gasteiger partial charge on any atom is 0.206 e. The zero-order valence-electron chi connectivity index (χ0n) is 9.86. The van der Waals surface area contributed by atoms with E-state index in [0.29, 0.717) is 0 Å². The number of benzene rings is 2. The SMILES string of the molecule is O=S(=O)(c1cc(Br)c([O-])c(Br)c1)c1cc(Br)c([O-])c(Br)c1. The molecule has 0 bridgehead atoms. The quantitative estimate of drug-likeness (QED) is 0.558. The molecular weight excluding hydrogens is 560 g/mol. The lowest BCUT2D eigenvalue weighted by Crippen LogP contribution is -2.05. The second-order valence-electron chi connectivity index (χ2n) is 3.94. The molecular formula is C12H4Br4O4S-2. The zero-order valence-corrected chi connectivity index (χ0v) is 17.0. The molecule has 4 nitrogen and oxygen atoms in total. The van der Waals surface area contributed by atoms with Gasteiger partial charge in [0.2, 0.25) is 9.84 Å². The van der Waals surface area contributed by atoms with E-state index in [9.17, 15) is 18.6 Å². The van der Waals surface area contributed by atoms with Gasteiger partial charge < -0.3 is 10.2 Å². The highest BCUT2D eigenvalue weighted by Crippen LogP contribution is 2.37. The fraction of sp³-hybridized carbons (Fsp3) is 0. The van der Waals surface area contributed by atoms with Gasteiger partial charge in [0.1, 0.15) is 0 Å². The second-order valence-corrected chi connectivity index (χ2v) is 9.30. The Bertz CT molecular complexity index is 724. The van der Waals surface area contributed by atoms with Crippen LogP contribution in [-0.4, -0.2) is 8.42 Å². The summed E-state index contributed by atoms with van der Waals surface area (Å²) in [6, 6.07) is 4.93. The van der Waals surface area contributed by atoms with E-state index in [-0.39, 0.29) is 39.2 Å². The van der Waals surface area contributed by atoms with Crippen molar-refractivity contribution in [2.75, 3.05) is 0 Å². The van der Waals surface area contributed by atoms with Crippen molar-refractivity contribution in [3.63, 3.8) is 0 Å². The van der Waals surface area contributed by atoms with E-state index in [4.69, 9.17) is 0 Å². The molecule has 0 N–H and O–H groups in total. The van der Waals surface area contributed by atoms with Crippen molar-refractivity contribution in [2.45, 2.75) is 9.79 Å². The maximum atomic E-state index is 12.6. The van der Waals surface area contributed by atoms with E-state index in [0.717, 1.165) is 0 Å². The van der Waals surface area contributed by atoms with Gasteiger partial charge in [-0.05, 0) is 24.3 Å². The largest absolute Gasteiger partial charge is 0.871 e. The van der Waals surface area contributed by atoms with E-state index in [1.165, 1.54) is 24.3 Å². The first-order valence-electron chi connectivity index (χ1n) is 5.22. The summed E-state index contributed by atoms with van der Waals surface area (Å²) in [6.45, 7) is 0. The average Bonchev–Trinajstić information content (AvgIpc) is 2.40. The van der Waals surface area contributed by atoms with E-state index < -0.39 is 9.84 Å². The molecule has 0 heterocycles. The van der Waals surface area contributed by atoms with Crippen molar-refractivity contribution >= 4 is 73.6 Å². The summed E-state index contributed by atoms with van der Waals surface area (Å²) < 4.78 is 25.7. The molecule has 0 aromatic heterocycles. The first-order chi connectivity index (χ1) is 9.64. The summed E-state index contributed by atoms with van der Waals surface area (Å²) in [5.41, 5.74) is 0. The van der Waals surface area contributed by atoms with Crippen LogP contribution in [0.1, 0.15) is 0 Å². The van der Waals surface area contributed by atoms with Crippen LogP contribution in [0.2, 0.25) is 0 Å². The summed E-state index contributed by atoms with van der Waals surface area (Å²) >= 11 is 12.1. The van der Waals surface area contributed by atoms with Gasteiger partial charge in [-0.2, -0.15) is 0 Å². The normalized spacial score (nSPS) is 11.6. The Labute approximate surface area is 154 Å². The van der Waals surface area contributed by atoms with Crippen LogP contribution in [0.25, 0.3) is 0 Å². The number of sulfone groups is 1. The minimum atomic E-state index is -3.86. The fourth-order valence-electron chi connectivity index (χ4n) is 1.52. The lowest BCUT2D eigenvalue weighted by molar-refractivity contribution is -0.271. The lowest BCUT2D eigenvalue weighted by atomic mass is 10.3. The number of hydrogen-bond donors (Lipinski definition) is 0. The molecule has 0 unspecified atom stereocenters. The third kappa shape index (κ3) is 3.31. The van der Waals surface area contributed by atoms with Crippen molar-refractivity contribution < 1.29 is 18.6 Å². The van der Waals surface area contributed by atoms with Crippen LogP contribution >= 0.6 is 63.7 Å². The van der Waals surface area contributed by atoms with Gasteiger partial charge in [0.25, 0.3) is 0 Å². The molecule has 0 aliphatic heterocycles. The van der Waals surface area contributed by atoms with Gasteiger partial charge in [0.05, 0.1) is 9.79 Å². The van der Waals surface area contributed by atoms with Gasteiger partial charge >= 0.3 is 0 Å². The molecule has 9 heteroatoms. The summed E-state index contributed by atoms with van der Waals surface area (Å²) in [5, 5.41) is 23.2. The molecule has 0 aliphatic carbocycles. The molecule has 21 heavy (non-hydrogen) atoms. The van der Waals surface area contributed by atoms with E-state index in [2.05, 4.69) is 63.7 Å². The molecule has 2 aromatic rings. The molecule has 0 aliphatic rings. The van der Waals surface area contributed by atoms with E-state index in [1.807, 2.05) is 0 Å². The lowest BCUT2D eigenvalue weighted by Gasteiger charge is -2.16. The Morgan fingerprint density at radius 1 is 0.667 bits per heavy atom. The minimum absolute atomic E-state index is 0.0571. The summed E-state index contributed by atoms with van der Waals surface area (Å²) in [5.74, 6) is -0.683.